The highest BCUT2D eigenvalue weighted by molar-refractivity contribution is 5.67. The van der Waals surface area contributed by atoms with Crippen molar-refractivity contribution >= 4 is 11.7 Å². The van der Waals surface area contributed by atoms with Crippen LogP contribution in [-0.4, -0.2) is 17.6 Å². The summed E-state index contributed by atoms with van der Waals surface area (Å²) in [6, 6.07) is 11.4. The Morgan fingerprint density at radius 3 is 2.83 bits per heavy atom. The minimum Gasteiger partial charge on any atom is -0.481 e. The summed E-state index contributed by atoms with van der Waals surface area (Å²) in [5, 5.41) is 8.83. The van der Waals surface area contributed by atoms with Crippen LogP contribution in [0.25, 0.3) is 0 Å². The molecule has 1 N–H and O–H groups in total. The lowest BCUT2D eigenvalue weighted by Gasteiger charge is -2.24. The van der Waals surface area contributed by atoms with Crippen LogP contribution in [-0.2, 0) is 24.2 Å². The van der Waals surface area contributed by atoms with Crippen LogP contribution in [0.1, 0.15) is 35.1 Å². The van der Waals surface area contributed by atoms with Gasteiger partial charge in [0.05, 0.1) is 5.69 Å². The molecule has 1 aliphatic rings. The Kier molecular flexibility index (Phi) is 4.84. The number of anilines is 1. The molecule has 0 saturated carbocycles. The van der Waals surface area contributed by atoms with Crippen molar-refractivity contribution in [3.05, 3.63) is 64.5 Å². The van der Waals surface area contributed by atoms with Crippen LogP contribution in [0.15, 0.2) is 36.4 Å². The first kappa shape index (κ1) is 16.5. The molecule has 0 atom stereocenters. The van der Waals surface area contributed by atoms with Gasteiger partial charge in [-0.2, -0.15) is 0 Å². The van der Waals surface area contributed by atoms with Crippen molar-refractivity contribution < 1.29 is 14.3 Å². The zero-order chi connectivity index (χ0) is 17.1. The molecule has 0 aliphatic carbocycles. The number of carboxylic acids is 1. The Morgan fingerprint density at radius 1 is 1.21 bits per heavy atom. The number of aryl methyl sites for hydroxylation is 3. The molecule has 4 heteroatoms. The Balaban J connectivity index is 1.83. The number of rotatable bonds is 4. The zero-order valence-corrected chi connectivity index (χ0v) is 13.9. The molecule has 0 unspecified atom stereocenters. The van der Waals surface area contributed by atoms with Gasteiger partial charge in [0.25, 0.3) is 0 Å². The van der Waals surface area contributed by atoms with Gasteiger partial charge in [-0.15, -0.1) is 0 Å². The predicted molar refractivity (Wildman–Crippen MR) is 92.9 cm³/mol. The van der Waals surface area contributed by atoms with Crippen LogP contribution >= 0.6 is 0 Å². The molecule has 0 bridgehead atoms. The van der Waals surface area contributed by atoms with Crippen molar-refractivity contribution in [1.82, 2.24) is 0 Å². The third-order valence-corrected chi connectivity index (χ3v) is 4.58. The fourth-order valence-corrected chi connectivity index (χ4v) is 3.29. The van der Waals surface area contributed by atoms with Crippen molar-refractivity contribution in [2.45, 2.75) is 39.2 Å². The Bertz CT molecular complexity index is 757. The molecule has 0 spiro atoms. The van der Waals surface area contributed by atoms with Gasteiger partial charge in [-0.25, -0.2) is 4.39 Å². The van der Waals surface area contributed by atoms with E-state index >= 15 is 0 Å². The van der Waals surface area contributed by atoms with Crippen molar-refractivity contribution in [3.63, 3.8) is 0 Å². The van der Waals surface area contributed by atoms with Gasteiger partial charge in [-0.1, -0.05) is 24.3 Å². The van der Waals surface area contributed by atoms with Crippen LogP contribution in [0.2, 0.25) is 0 Å². The maximum Gasteiger partial charge on any atom is 0.303 e. The highest BCUT2D eigenvalue weighted by Crippen LogP contribution is 2.27. The molecular weight excluding hydrogens is 305 g/mol. The number of nitrogens with zero attached hydrogens (tertiary/aromatic N) is 1. The molecule has 0 amide bonds. The van der Waals surface area contributed by atoms with Crippen LogP contribution in [0.4, 0.5) is 10.1 Å². The second-order valence-electron chi connectivity index (χ2n) is 6.48. The summed E-state index contributed by atoms with van der Waals surface area (Å²) >= 11 is 0. The molecule has 1 aliphatic heterocycles. The zero-order valence-electron chi connectivity index (χ0n) is 13.9. The van der Waals surface area contributed by atoms with Gasteiger partial charge in [-0.05, 0) is 60.6 Å². The van der Waals surface area contributed by atoms with Crippen molar-refractivity contribution in [1.29, 1.82) is 0 Å². The summed E-state index contributed by atoms with van der Waals surface area (Å²) in [6.07, 6.45) is 2.61. The summed E-state index contributed by atoms with van der Waals surface area (Å²) in [5.41, 5.74) is 5.24. The van der Waals surface area contributed by atoms with Crippen molar-refractivity contribution in [2.75, 3.05) is 11.4 Å². The highest BCUT2D eigenvalue weighted by atomic mass is 19.1. The monoisotopic (exact) mass is 327 g/mol. The van der Waals surface area contributed by atoms with Gasteiger partial charge in [0.2, 0.25) is 0 Å². The lowest BCUT2D eigenvalue weighted by Crippen LogP contribution is -2.23. The highest BCUT2D eigenvalue weighted by Gasteiger charge is 2.18. The van der Waals surface area contributed by atoms with E-state index in [2.05, 4.69) is 17.0 Å². The summed E-state index contributed by atoms with van der Waals surface area (Å²) in [7, 11) is 0. The molecule has 0 radical (unpaired) electrons. The van der Waals surface area contributed by atoms with E-state index in [1.807, 2.05) is 19.1 Å². The third kappa shape index (κ3) is 3.75. The van der Waals surface area contributed by atoms with E-state index in [0.717, 1.165) is 30.5 Å². The SMILES string of the molecule is Cc1ccc(F)c(N2CCCc3cc(CCC(=O)O)ccc3C2)c1. The number of hydrogen-bond donors (Lipinski definition) is 1. The van der Waals surface area contributed by atoms with E-state index in [4.69, 9.17) is 5.11 Å². The third-order valence-electron chi connectivity index (χ3n) is 4.58. The van der Waals surface area contributed by atoms with E-state index in [1.54, 1.807) is 6.07 Å². The van der Waals surface area contributed by atoms with Crippen molar-refractivity contribution in [3.8, 4) is 0 Å². The van der Waals surface area contributed by atoms with Gasteiger partial charge in [-0.3, -0.25) is 4.79 Å². The standard InChI is InChI=1S/C20H22FNO2/c1-14-4-8-18(21)19(11-14)22-10-2-3-16-12-15(6-9-20(23)24)5-7-17(16)13-22/h4-5,7-8,11-12H,2-3,6,9-10,13H2,1H3,(H,23,24). The summed E-state index contributed by atoms with van der Waals surface area (Å²) in [5.74, 6) is -0.951. The molecule has 1 heterocycles. The second kappa shape index (κ2) is 7.04. The number of halogens is 1. The molecule has 3 rings (SSSR count). The molecule has 0 aromatic heterocycles. The van der Waals surface area contributed by atoms with Gasteiger partial charge in [0, 0.05) is 19.5 Å². The number of hydrogen-bond acceptors (Lipinski definition) is 2. The average Bonchev–Trinajstić information content (AvgIpc) is 2.76. The van der Waals surface area contributed by atoms with Gasteiger partial charge in [0.15, 0.2) is 0 Å². The van der Waals surface area contributed by atoms with E-state index in [1.165, 1.54) is 17.2 Å². The van der Waals surface area contributed by atoms with Crippen molar-refractivity contribution in [2.24, 2.45) is 0 Å². The Morgan fingerprint density at radius 2 is 2.04 bits per heavy atom. The summed E-state index contributed by atoms with van der Waals surface area (Å²) in [4.78, 5) is 12.8. The van der Waals surface area contributed by atoms with E-state index < -0.39 is 5.97 Å². The topological polar surface area (TPSA) is 40.5 Å². The van der Waals surface area contributed by atoms with E-state index in [-0.39, 0.29) is 12.2 Å². The molecule has 3 nitrogen and oxygen atoms in total. The van der Waals surface area contributed by atoms with Gasteiger partial charge >= 0.3 is 5.97 Å². The van der Waals surface area contributed by atoms with Crippen LogP contribution < -0.4 is 4.90 Å². The van der Waals surface area contributed by atoms with Crippen LogP contribution in [0.5, 0.6) is 0 Å². The molecular formula is C20H22FNO2. The Labute approximate surface area is 141 Å². The number of fused-ring (bicyclic) bond motifs is 1. The molecule has 0 fully saturated rings. The molecule has 2 aromatic rings. The maximum atomic E-state index is 14.2. The van der Waals surface area contributed by atoms with Gasteiger partial charge in [0.1, 0.15) is 5.82 Å². The summed E-state index contributed by atoms with van der Waals surface area (Å²) < 4.78 is 14.2. The largest absolute Gasteiger partial charge is 0.481 e. The summed E-state index contributed by atoms with van der Waals surface area (Å²) in [6.45, 7) is 3.48. The molecule has 2 aromatic carbocycles. The molecule has 24 heavy (non-hydrogen) atoms. The number of carbonyl (C=O) groups is 1. The van der Waals surface area contributed by atoms with E-state index in [9.17, 15) is 9.18 Å². The van der Waals surface area contributed by atoms with Crippen LogP contribution in [0.3, 0.4) is 0 Å². The fourth-order valence-electron chi connectivity index (χ4n) is 3.29. The second-order valence-corrected chi connectivity index (χ2v) is 6.48. The van der Waals surface area contributed by atoms with Crippen LogP contribution in [0, 0.1) is 12.7 Å². The Hall–Kier alpha value is -2.36. The quantitative estimate of drug-likeness (QED) is 0.919. The number of benzene rings is 2. The number of aliphatic carboxylic acids is 1. The first-order valence-corrected chi connectivity index (χ1v) is 8.36. The first-order chi connectivity index (χ1) is 11.5. The molecule has 126 valence electrons. The lowest BCUT2D eigenvalue weighted by atomic mass is 9.99. The fraction of sp³-hybridized carbons (Fsp3) is 0.350. The lowest BCUT2D eigenvalue weighted by molar-refractivity contribution is -0.136. The predicted octanol–water partition coefficient (Wildman–Crippen LogP) is 4.10. The smallest absolute Gasteiger partial charge is 0.303 e. The number of carboxylic acid groups (broad SMARTS) is 1. The average molecular weight is 327 g/mol. The van der Waals surface area contributed by atoms with E-state index in [0.29, 0.717) is 18.7 Å². The van der Waals surface area contributed by atoms with Gasteiger partial charge < -0.3 is 10.0 Å². The molecule has 0 saturated heterocycles. The first-order valence-electron chi connectivity index (χ1n) is 8.36. The minimum absolute atomic E-state index is 0.152. The maximum absolute atomic E-state index is 14.2. The normalized spacial score (nSPS) is 14.2. The minimum atomic E-state index is -0.772.